The Bertz CT molecular complexity index is 901. The molecule has 24 heavy (non-hydrogen) atoms. The van der Waals surface area contributed by atoms with Crippen LogP contribution < -0.4 is 15.0 Å². The summed E-state index contributed by atoms with van der Waals surface area (Å²) in [4.78, 5) is 12.3. The Balaban J connectivity index is 2.13. The molecule has 0 unspecified atom stereocenters. The summed E-state index contributed by atoms with van der Waals surface area (Å²) < 4.78 is 33.9. The van der Waals surface area contributed by atoms with Gasteiger partial charge in [-0.1, -0.05) is 17.7 Å². The summed E-state index contributed by atoms with van der Waals surface area (Å²) in [5.74, 6) is 0.490. The van der Waals surface area contributed by atoms with E-state index in [1.165, 1.54) is 17.7 Å². The third-order valence-corrected chi connectivity index (χ3v) is 5.41. The Morgan fingerprint density at radius 1 is 1.12 bits per heavy atom. The maximum absolute atomic E-state index is 12.4. The minimum atomic E-state index is -3.61. The van der Waals surface area contributed by atoms with E-state index in [0.29, 0.717) is 17.0 Å². The summed E-state index contributed by atoms with van der Waals surface area (Å²) in [6.07, 6.45) is 0. The fourth-order valence-electron chi connectivity index (χ4n) is 2.57. The second-order valence-electron chi connectivity index (χ2n) is 5.69. The lowest BCUT2D eigenvalue weighted by atomic mass is 10.2. The van der Waals surface area contributed by atoms with Gasteiger partial charge in [-0.2, -0.15) is 0 Å². The van der Waals surface area contributed by atoms with E-state index < -0.39 is 10.0 Å². The first-order valence-electron chi connectivity index (χ1n) is 7.57. The molecule has 6 nitrogen and oxygen atoms in total. The number of benzene rings is 1. The summed E-state index contributed by atoms with van der Waals surface area (Å²) in [6, 6.07) is 8.30. The molecule has 2 aromatic rings. The number of nitrogens with zero attached hydrogens (tertiary/aromatic N) is 1. The fourth-order valence-corrected chi connectivity index (χ4v) is 3.82. The molecule has 1 aromatic heterocycles. The first-order valence-corrected chi connectivity index (χ1v) is 9.05. The van der Waals surface area contributed by atoms with Crippen molar-refractivity contribution in [3.8, 4) is 5.75 Å². The van der Waals surface area contributed by atoms with Crippen molar-refractivity contribution in [2.45, 2.75) is 32.2 Å². The van der Waals surface area contributed by atoms with Gasteiger partial charge in [-0.15, -0.1) is 0 Å². The Kier molecular flexibility index (Phi) is 5.46. The van der Waals surface area contributed by atoms with Crippen LogP contribution in [0.3, 0.4) is 0 Å². The summed E-state index contributed by atoms with van der Waals surface area (Å²) in [7, 11) is -2.11. The van der Waals surface area contributed by atoms with E-state index in [1.54, 1.807) is 32.0 Å². The third kappa shape index (κ3) is 4.04. The zero-order chi connectivity index (χ0) is 17.9. The van der Waals surface area contributed by atoms with Crippen molar-refractivity contribution < 1.29 is 13.2 Å². The monoisotopic (exact) mass is 350 g/mol. The lowest BCUT2D eigenvalue weighted by Gasteiger charge is -2.13. The van der Waals surface area contributed by atoms with Gasteiger partial charge in [0, 0.05) is 24.8 Å². The lowest BCUT2D eigenvalue weighted by Crippen LogP contribution is -2.32. The molecule has 1 N–H and O–H groups in total. The molecule has 0 saturated heterocycles. The number of ether oxygens (including phenoxy) is 1. The van der Waals surface area contributed by atoms with Crippen LogP contribution in [0.25, 0.3) is 0 Å². The van der Waals surface area contributed by atoms with Crippen molar-refractivity contribution in [1.82, 2.24) is 9.29 Å². The second-order valence-corrected chi connectivity index (χ2v) is 7.43. The van der Waals surface area contributed by atoms with Crippen LogP contribution in [0.2, 0.25) is 0 Å². The van der Waals surface area contributed by atoms with Gasteiger partial charge in [0.05, 0.1) is 12.0 Å². The Morgan fingerprint density at radius 2 is 1.83 bits per heavy atom. The van der Waals surface area contributed by atoms with E-state index in [4.69, 9.17) is 4.74 Å². The van der Waals surface area contributed by atoms with Crippen molar-refractivity contribution in [2.75, 3.05) is 13.7 Å². The van der Waals surface area contributed by atoms with Crippen LogP contribution in [0.4, 0.5) is 0 Å². The van der Waals surface area contributed by atoms with E-state index in [9.17, 15) is 13.2 Å². The van der Waals surface area contributed by atoms with Crippen molar-refractivity contribution in [2.24, 2.45) is 0 Å². The highest BCUT2D eigenvalue weighted by molar-refractivity contribution is 7.89. The first-order chi connectivity index (χ1) is 11.2. The molecule has 0 amide bonds. The van der Waals surface area contributed by atoms with E-state index >= 15 is 0 Å². The summed E-state index contributed by atoms with van der Waals surface area (Å²) in [5, 5.41) is 0. The highest BCUT2D eigenvalue weighted by Gasteiger charge is 2.16. The van der Waals surface area contributed by atoms with Gasteiger partial charge in [-0.3, -0.25) is 4.79 Å². The molecule has 0 spiro atoms. The number of nitrogens with one attached hydrogen (secondary N) is 1. The summed E-state index contributed by atoms with van der Waals surface area (Å²) >= 11 is 0. The number of hydrogen-bond donors (Lipinski definition) is 1. The minimum Gasteiger partial charge on any atom is -0.496 e. The highest BCUT2D eigenvalue weighted by atomic mass is 32.2. The third-order valence-electron chi connectivity index (χ3n) is 3.79. The topological polar surface area (TPSA) is 77.4 Å². The predicted molar refractivity (Wildman–Crippen MR) is 93.1 cm³/mol. The molecule has 0 aliphatic carbocycles. The molecule has 0 fully saturated rings. The Morgan fingerprint density at radius 3 is 2.42 bits per heavy atom. The Hall–Kier alpha value is -2.12. The van der Waals surface area contributed by atoms with Crippen LogP contribution >= 0.6 is 0 Å². The van der Waals surface area contributed by atoms with E-state index in [-0.39, 0.29) is 23.5 Å². The number of aromatic nitrogens is 1. The highest BCUT2D eigenvalue weighted by Crippen LogP contribution is 2.16. The fraction of sp³-hybridized carbons (Fsp3) is 0.353. The zero-order valence-electron chi connectivity index (χ0n) is 14.3. The molecule has 0 radical (unpaired) electrons. The normalized spacial score (nSPS) is 11.5. The standard InChI is InChI=1S/C17H22N2O4S/c1-12-5-6-16(13(2)9-12)24(21,22)18-7-8-19-14(3)10-15(23-4)11-17(19)20/h5-6,9-11,18H,7-8H2,1-4H3. The largest absolute Gasteiger partial charge is 0.496 e. The molecular formula is C17H22N2O4S. The number of aryl methyl sites for hydroxylation is 3. The SMILES string of the molecule is COc1cc(C)n(CCNS(=O)(=O)c2ccc(C)cc2C)c(=O)c1. The molecule has 0 aliphatic rings. The van der Waals surface area contributed by atoms with E-state index in [0.717, 1.165) is 5.56 Å². The molecule has 1 aromatic carbocycles. The van der Waals surface area contributed by atoms with E-state index in [1.807, 2.05) is 13.0 Å². The average Bonchev–Trinajstić information content (AvgIpc) is 2.49. The molecule has 0 saturated carbocycles. The maximum atomic E-state index is 12.4. The van der Waals surface area contributed by atoms with Crippen molar-refractivity contribution in [3.05, 3.63) is 57.5 Å². The van der Waals surface area contributed by atoms with Gasteiger partial charge < -0.3 is 9.30 Å². The van der Waals surface area contributed by atoms with Crippen molar-refractivity contribution in [3.63, 3.8) is 0 Å². The van der Waals surface area contributed by atoms with Crippen LogP contribution in [0.1, 0.15) is 16.8 Å². The predicted octanol–water partition coefficient (Wildman–Crippen LogP) is 1.76. The number of methoxy groups -OCH3 is 1. The van der Waals surface area contributed by atoms with Crippen molar-refractivity contribution in [1.29, 1.82) is 0 Å². The quantitative estimate of drug-likeness (QED) is 0.861. The molecule has 2 rings (SSSR count). The van der Waals surface area contributed by atoms with Crippen LogP contribution in [0.15, 0.2) is 40.0 Å². The summed E-state index contributed by atoms with van der Waals surface area (Å²) in [6.45, 7) is 5.83. The van der Waals surface area contributed by atoms with Gasteiger partial charge in [-0.25, -0.2) is 13.1 Å². The molecule has 0 atom stereocenters. The molecule has 0 aliphatic heterocycles. The van der Waals surface area contributed by atoms with Gasteiger partial charge >= 0.3 is 0 Å². The molecular weight excluding hydrogens is 328 g/mol. The molecule has 1 heterocycles. The smallest absolute Gasteiger partial charge is 0.254 e. The minimum absolute atomic E-state index is 0.128. The van der Waals surface area contributed by atoms with Crippen molar-refractivity contribution >= 4 is 10.0 Å². The molecule has 7 heteroatoms. The van der Waals surface area contributed by atoms with Crippen LogP contribution in [-0.4, -0.2) is 26.6 Å². The molecule has 130 valence electrons. The maximum Gasteiger partial charge on any atom is 0.254 e. The van der Waals surface area contributed by atoms with Gasteiger partial charge in [-0.05, 0) is 38.5 Å². The van der Waals surface area contributed by atoms with Gasteiger partial charge in [0.25, 0.3) is 5.56 Å². The lowest BCUT2D eigenvalue weighted by molar-refractivity contribution is 0.411. The van der Waals surface area contributed by atoms with Crippen LogP contribution in [-0.2, 0) is 16.6 Å². The van der Waals surface area contributed by atoms with E-state index in [2.05, 4.69) is 4.72 Å². The van der Waals surface area contributed by atoms with Crippen LogP contribution in [0.5, 0.6) is 5.75 Å². The zero-order valence-corrected chi connectivity index (χ0v) is 15.1. The Labute approximate surface area is 142 Å². The average molecular weight is 350 g/mol. The number of sulfonamides is 1. The number of pyridine rings is 1. The number of rotatable bonds is 6. The number of hydrogen-bond acceptors (Lipinski definition) is 4. The second kappa shape index (κ2) is 7.19. The summed E-state index contributed by atoms with van der Waals surface area (Å²) in [5.41, 5.74) is 2.19. The van der Waals surface area contributed by atoms with Gasteiger partial charge in [0.15, 0.2) is 0 Å². The van der Waals surface area contributed by atoms with Crippen LogP contribution in [0, 0.1) is 20.8 Å². The first kappa shape index (κ1) is 18.2. The molecule has 0 bridgehead atoms. The van der Waals surface area contributed by atoms with Gasteiger partial charge in [0.1, 0.15) is 5.75 Å². The van der Waals surface area contributed by atoms with Gasteiger partial charge in [0.2, 0.25) is 10.0 Å².